The Hall–Kier alpha value is -3.15. The zero-order chi connectivity index (χ0) is 18.2. The smallest absolute Gasteiger partial charge is 0.271 e. The van der Waals surface area contributed by atoms with Crippen LogP contribution >= 0.6 is 0 Å². The molecule has 2 aromatic rings. The van der Waals surface area contributed by atoms with Gasteiger partial charge in [-0.1, -0.05) is 18.2 Å². The molecule has 6 heteroatoms. The summed E-state index contributed by atoms with van der Waals surface area (Å²) in [5.74, 6) is 0.131. The number of para-hydroxylation sites is 1. The lowest BCUT2D eigenvalue weighted by Gasteiger charge is -2.11. The van der Waals surface area contributed by atoms with Crippen molar-refractivity contribution in [1.82, 2.24) is 5.43 Å². The SMILES string of the molecule is CC(=O)Nc1cccc(C(=O)NN=Cc2ccccc2OC(C)C)c1. The Balaban J connectivity index is 2.05. The summed E-state index contributed by atoms with van der Waals surface area (Å²) < 4.78 is 5.70. The first-order valence-electron chi connectivity index (χ1n) is 7.92. The molecule has 2 aromatic carbocycles. The van der Waals surface area contributed by atoms with Crippen LogP contribution in [0.2, 0.25) is 0 Å². The van der Waals surface area contributed by atoms with Crippen molar-refractivity contribution in [3.05, 3.63) is 59.7 Å². The minimum Gasteiger partial charge on any atom is -0.490 e. The van der Waals surface area contributed by atoms with Crippen LogP contribution in [0.15, 0.2) is 53.6 Å². The number of benzene rings is 2. The van der Waals surface area contributed by atoms with Crippen LogP contribution in [0.25, 0.3) is 0 Å². The molecule has 0 aliphatic carbocycles. The first-order chi connectivity index (χ1) is 12.0. The fraction of sp³-hybridized carbons (Fsp3) is 0.211. The summed E-state index contributed by atoms with van der Waals surface area (Å²) in [6.07, 6.45) is 1.58. The summed E-state index contributed by atoms with van der Waals surface area (Å²) >= 11 is 0. The molecule has 2 rings (SSSR count). The topological polar surface area (TPSA) is 79.8 Å². The average Bonchev–Trinajstić information content (AvgIpc) is 2.55. The van der Waals surface area contributed by atoms with Crippen LogP contribution in [0.3, 0.4) is 0 Å². The molecule has 0 aromatic heterocycles. The van der Waals surface area contributed by atoms with Gasteiger partial charge in [0.05, 0.1) is 12.3 Å². The molecule has 6 nitrogen and oxygen atoms in total. The Labute approximate surface area is 146 Å². The Morgan fingerprint density at radius 1 is 1.12 bits per heavy atom. The highest BCUT2D eigenvalue weighted by Crippen LogP contribution is 2.17. The van der Waals surface area contributed by atoms with E-state index in [1.54, 1.807) is 24.3 Å². The van der Waals surface area contributed by atoms with Crippen LogP contribution in [0.1, 0.15) is 36.7 Å². The summed E-state index contributed by atoms with van der Waals surface area (Å²) in [7, 11) is 0. The summed E-state index contributed by atoms with van der Waals surface area (Å²) in [4.78, 5) is 23.3. The Morgan fingerprint density at radius 3 is 2.60 bits per heavy atom. The van der Waals surface area contributed by atoms with E-state index in [0.29, 0.717) is 17.0 Å². The predicted octanol–water partition coefficient (Wildman–Crippen LogP) is 3.20. The molecule has 0 spiro atoms. The van der Waals surface area contributed by atoms with Crippen molar-refractivity contribution in [3.8, 4) is 5.75 Å². The molecule has 0 unspecified atom stereocenters. The number of hydrogen-bond acceptors (Lipinski definition) is 4. The monoisotopic (exact) mass is 339 g/mol. The van der Waals surface area contributed by atoms with Crippen LogP contribution in [0.5, 0.6) is 5.75 Å². The summed E-state index contributed by atoms with van der Waals surface area (Å²) in [6, 6.07) is 14.1. The highest BCUT2D eigenvalue weighted by Gasteiger charge is 2.06. The van der Waals surface area contributed by atoms with Crippen molar-refractivity contribution in [2.45, 2.75) is 26.9 Å². The molecule has 0 bridgehead atoms. The van der Waals surface area contributed by atoms with E-state index in [2.05, 4.69) is 15.8 Å². The van der Waals surface area contributed by atoms with Gasteiger partial charge in [-0.15, -0.1) is 0 Å². The maximum Gasteiger partial charge on any atom is 0.271 e. The number of nitrogens with one attached hydrogen (secondary N) is 2. The second-order valence-corrected chi connectivity index (χ2v) is 5.67. The highest BCUT2D eigenvalue weighted by atomic mass is 16.5. The maximum atomic E-state index is 12.2. The summed E-state index contributed by atoms with van der Waals surface area (Å²) in [5, 5.41) is 6.62. The van der Waals surface area contributed by atoms with Crippen molar-refractivity contribution in [2.24, 2.45) is 5.10 Å². The van der Waals surface area contributed by atoms with Gasteiger partial charge in [0, 0.05) is 23.7 Å². The summed E-state index contributed by atoms with van der Waals surface area (Å²) in [6.45, 7) is 5.29. The van der Waals surface area contributed by atoms with Crippen molar-refractivity contribution in [2.75, 3.05) is 5.32 Å². The van der Waals surface area contributed by atoms with E-state index in [1.807, 2.05) is 38.1 Å². The molecule has 0 saturated heterocycles. The van der Waals surface area contributed by atoms with Crippen molar-refractivity contribution in [3.63, 3.8) is 0 Å². The molecule has 0 saturated carbocycles. The van der Waals surface area contributed by atoms with E-state index >= 15 is 0 Å². The Kier molecular flexibility index (Phi) is 6.28. The van der Waals surface area contributed by atoms with E-state index < -0.39 is 0 Å². The fourth-order valence-corrected chi connectivity index (χ4v) is 2.11. The Bertz CT molecular complexity index is 785. The number of carbonyl (C=O) groups is 2. The quantitative estimate of drug-likeness (QED) is 0.626. The average molecular weight is 339 g/mol. The molecule has 25 heavy (non-hydrogen) atoms. The number of rotatable bonds is 6. The van der Waals surface area contributed by atoms with Gasteiger partial charge in [-0.2, -0.15) is 5.10 Å². The number of amides is 2. The normalized spacial score (nSPS) is 10.7. The minimum absolute atomic E-state index is 0.0423. The zero-order valence-electron chi connectivity index (χ0n) is 14.4. The molecular weight excluding hydrogens is 318 g/mol. The van der Waals surface area contributed by atoms with Crippen LogP contribution in [-0.4, -0.2) is 24.1 Å². The van der Waals surface area contributed by atoms with Gasteiger partial charge in [0.25, 0.3) is 5.91 Å². The lowest BCUT2D eigenvalue weighted by molar-refractivity contribution is -0.114. The summed E-state index contributed by atoms with van der Waals surface area (Å²) in [5.41, 5.74) is 4.19. The van der Waals surface area contributed by atoms with Crippen LogP contribution < -0.4 is 15.5 Å². The standard InChI is InChI=1S/C19H21N3O3/c1-13(2)25-18-10-5-4-7-16(18)12-20-22-19(24)15-8-6-9-17(11-15)21-14(3)23/h4-13H,1-3H3,(H,21,23)(H,22,24). The largest absolute Gasteiger partial charge is 0.490 e. The molecule has 0 atom stereocenters. The second kappa shape index (κ2) is 8.63. The van der Waals surface area contributed by atoms with Gasteiger partial charge in [0.15, 0.2) is 0 Å². The van der Waals surface area contributed by atoms with Crippen molar-refractivity contribution in [1.29, 1.82) is 0 Å². The molecule has 0 heterocycles. The molecule has 2 N–H and O–H groups in total. The molecule has 0 fully saturated rings. The van der Waals surface area contributed by atoms with Crippen molar-refractivity contribution >= 4 is 23.7 Å². The third-order valence-corrected chi connectivity index (χ3v) is 3.10. The second-order valence-electron chi connectivity index (χ2n) is 5.67. The third-order valence-electron chi connectivity index (χ3n) is 3.10. The molecule has 130 valence electrons. The molecule has 0 aliphatic heterocycles. The molecule has 0 aliphatic rings. The molecular formula is C19H21N3O3. The van der Waals surface area contributed by atoms with Gasteiger partial charge in [-0.3, -0.25) is 9.59 Å². The fourth-order valence-electron chi connectivity index (χ4n) is 2.11. The van der Waals surface area contributed by atoms with Gasteiger partial charge in [0.1, 0.15) is 5.75 Å². The van der Waals surface area contributed by atoms with Gasteiger partial charge >= 0.3 is 0 Å². The van der Waals surface area contributed by atoms with Crippen LogP contribution in [-0.2, 0) is 4.79 Å². The first-order valence-corrected chi connectivity index (χ1v) is 7.92. The van der Waals surface area contributed by atoms with E-state index in [0.717, 1.165) is 5.56 Å². The van der Waals surface area contributed by atoms with E-state index in [4.69, 9.17) is 4.74 Å². The predicted molar refractivity (Wildman–Crippen MR) is 98.0 cm³/mol. The number of carbonyl (C=O) groups excluding carboxylic acids is 2. The van der Waals surface area contributed by atoms with Gasteiger partial charge in [-0.25, -0.2) is 5.43 Å². The Morgan fingerprint density at radius 2 is 1.88 bits per heavy atom. The number of ether oxygens (including phenoxy) is 1. The first kappa shape index (κ1) is 18.2. The van der Waals surface area contributed by atoms with Gasteiger partial charge in [0.2, 0.25) is 5.91 Å². The number of anilines is 1. The van der Waals surface area contributed by atoms with Crippen molar-refractivity contribution < 1.29 is 14.3 Å². The van der Waals surface area contributed by atoms with E-state index in [9.17, 15) is 9.59 Å². The lowest BCUT2D eigenvalue weighted by Crippen LogP contribution is -2.18. The number of hydrogen-bond donors (Lipinski definition) is 2. The molecule has 0 radical (unpaired) electrons. The zero-order valence-corrected chi connectivity index (χ0v) is 14.4. The van der Waals surface area contributed by atoms with Gasteiger partial charge < -0.3 is 10.1 Å². The van der Waals surface area contributed by atoms with E-state index in [1.165, 1.54) is 13.1 Å². The van der Waals surface area contributed by atoms with E-state index in [-0.39, 0.29) is 17.9 Å². The maximum absolute atomic E-state index is 12.2. The van der Waals surface area contributed by atoms with Crippen LogP contribution in [0, 0.1) is 0 Å². The highest BCUT2D eigenvalue weighted by molar-refractivity contribution is 5.97. The third kappa shape index (κ3) is 5.76. The molecule has 2 amide bonds. The lowest BCUT2D eigenvalue weighted by atomic mass is 10.2. The van der Waals surface area contributed by atoms with Gasteiger partial charge in [-0.05, 0) is 44.2 Å². The number of nitrogens with zero attached hydrogens (tertiary/aromatic N) is 1. The minimum atomic E-state index is -0.370. The van der Waals surface area contributed by atoms with Crippen LogP contribution in [0.4, 0.5) is 5.69 Å². The number of hydrazone groups is 1.